The van der Waals surface area contributed by atoms with Crippen molar-refractivity contribution >= 4 is 11.9 Å². The van der Waals surface area contributed by atoms with Gasteiger partial charge in [0.25, 0.3) is 0 Å². The molecule has 82 valence electrons. The Labute approximate surface area is 85.2 Å². The van der Waals surface area contributed by atoms with Gasteiger partial charge in [-0.25, -0.2) is 0 Å². The number of hydrogen-bond acceptors (Lipinski definition) is 3. The number of ether oxygens (including phenoxy) is 1. The van der Waals surface area contributed by atoms with E-state index in [-0.39, 0.29) is 30.6 Å². The van der Waals surface area contributed by atoms with Crippen LogP contribution in [-0.4, -0.2) is 35.5 Å². The molecule has 0 aromatic heterocycles. The van der Waals surface area contributed by atoms with Crippen molar-refractivity contribution in [1.82, 2.24) is 4.90 Å². The Kier molecular flexibility index (Phi) is 5.20. The molecule has 0 aliphatic carbocycles. The van der Waals surface area contributed by atoms with E-state index in [0.717, 1.165) is 0 Å². The van der Waals surface area contributed by atoms with Crippen molar-refractivity contribution in [3.8, 4) is 0 Å². The zero-order valence-electron chi connectivity index (χ0n) is 9.53. The molecule has 0 N–H and O–H groups in total. The van der Waals surface area contributed by atoms with Crippen LogP contribution >= 0.6 is 0 Å². The standard InChI is InChI=1S/C10H19NO3/c1-7(2)11(9(5)12)6-10(13)14-8(3)4/h7-8H,6H2,1-5H3. The molecule has 0 fully saturated rings. The van der Waals surface area contributed by atoms with Gasteiger partial charge in [-0.2, -0.15) is 0 Å². The smallest absolute Gasteiger partial charge is 0.325 e. The van der Waals surface area contributed by atoms with E-state index in [1.54, 1.807) is 13.8 Å². The van der Waals surface area contributed by atoms with E-state index in [2.05, 4.69) is 0 Å². The predicted octanol–water partition coefficient (Wildman–Crippen LogP) is 1.19. The first-order valence-electron chi connectivity index (χ1n) is 4.81. The van der Waals surface area contributed by atoms with Crippen molar-refractivity contribution in [2.45, 2.75) is 46.8 Å². The molecule has 0 aromatic rings. The molecule has 0 aromatic carbocycles. The second-order valence-electron chi connectivity index (χ2n) is 3.78. The molecule has 4 nitrogen and oxygen atoms in total. The number of hydrogen-bond donors (Lipinski definition) is 0. The van der Waals surface area contributed by atoms with Crippen LogP contribution in [0.4, 0.5) is 0 Å². The molecule has 0 atom stereocenters. The van der Waals surface area contributed by atoms with Gasteiger partial charge in [0.05, 0.1) is 6.10 Å². The quantitative estimate of drug-likeness (QED) is 0.642. The summed E-state index contributed by atoms with van der Waals surface area (Å²) < 4.78 is 4.95. The fraction of sp³-hybridized carbons (Fsp3) is 0.800. The summed E-state index contributed by atoms with van der Waals surface area (Å²) in [5.74, 6) is -0.468. The topological polar surface area (TPSA) is 46.6 Å². The number of carbonyl (C=O) groups excluding carboxylic acids is 2. The first-order valence-corrected chi connectivity index (χ1v) is 4.81. The number of esters is 1. The van der Waals surface area contributed by atoms with Gasteiger partial charge in [-0.3, -0.25) is 9.59 Å². The van der Waals surface area contributed by atoms with Crippen molar-refractivity contribution in [2.24, 2.45) is 0 Å². The zero-order valence-corrected chi connectivity index (χ0v) is 9.53. The summed E-state index contributed by atoms with van der Waals surface area (Å²) in [4.78, 5) is 23.9. The number of nitrogens with zero attached hydrogens (tertiary/aromatic N) is 1. The molecule has 14 heavy (non-hydrogen) atoms. The lowest BCUT2D eigenvalue weighted by Gasteiger charge is -2.24. The van der Waals surface area contributed by atoms with E-state index < -0.39 is 0 Å². The molecule has 1 amide bonds. The van der Waals surface area contributed by atoms with Crippen LogP contribution in [0.5, 0.6) is 0 Å². The molecule has 0 aliphatic rings. The van der Waals surface area contributed by atoms with Gasteiger partial charge in [-0.1, -0.05) is 0 Å². The fourth-order valence-electron chi connectivity index (χ4n) is 1.10. The molecule has 0 rings (SSSR count). The average molecular weight is 201 g/mol. The lowest BCUT2D eigenvalue weighted by atomic mass is 10.3. The van der Waals surface area contributed by atoms with E-state index in [1.165, 1.54) is 11.8 Å². The van der Waals surface area contributed by atoms with Gasteiger partial charge in [-0.05, 0) is 27.7 Å². The maximum Gasteiger partial charge on any atom is 0.325 e. The van der Waals surface area contributed by atoms with Crippen LogP contribution in [0.25, 0.3) is 0 Å². The zero-order chi connectivity index (χ0) is 11.3. The molecular weight excluding hydrogens is 182 g/mol. The SMILES string of the molecule is CC(=O)N(CC(=O)OC(C)C)C(C)C. The Bertz CT molecular complexity index is 211. The van der Waals surface area contributed by atoms with E-state index in [1.807, 2.05) is 13.8 Å². The summed E-state index contributed by atoms with van der Waals surface area (Å²) >= 11 is 0. The second-order valence-corrected chi connectivity index (χ2v) is 3.78. The molecule has 0 spiro atoms. The third-order valence-corrected chi connectivity index (χ3v) is 1.69. The fourth-order valence-corrected chi connectivity index (χ4v) is 1.10. The minimum Gasteiger partial charge on any atom is -0.462 e. The Morgan fingerprint density at radius 3 is 2.00 bits per heavy atom. The highest BCUT2D eigenvalue weighted by molar-refractivity contribution is 5.80. The second kappa shape index (κ2) is 5.62. The van der Waals surface area contributed by atoms with Gasteiger partial charge < -0.3 is 9.64 Å². The number of amides is 1. The monoisotopic (exact) mass is 201 g/mol. The van der Waals surface area contributed by atoms with Gasteiger partial charge in [0.2, 0.25) is 5.91 Å². The van der Waals surface area contributed by atoms with Crippen molar-refractivity contribution in [3.63, 3.8) is 0 Å². The van der Waals surface area contributed by atoms with E-state index in [4.69, 9.17) is 4.74 Å². The van der Waals surface area contributed by atoms with Gasteiger partial charge in [0.15, 0.2) is 0 Å². The first kappa shape index (κ1) is 12.9. The minimum atomic E-state index is -0.358. The maximum atomic E-state index is 11.3. The summed E-state index contributed by atoms with van der Waals surface area (Å²) in [6.45, 7) is 8.78. The van der Waals surface area contributed by atoms with Crippen molar-refractivity contribution in [1.29, 1.82) is 0 Å². The summed E-state index contributed by atoms with van der Waals surface area (Å²) in [6.07, 6.45) is -0.136. The lowest BCUT2D eigenvalue weighted by molar-refractivity contribution is -0.152. The summed E-state index contributed by atoms with van der Waals surface area (Å²) in [5, 5.41) is 0. The molecule has 4 heteroatoms. The van der Waals surface area contributed by atoms with Gasteiger partial charge in [-0.15, -0.1) is 0 Å². The summed E-state index contributed by atoms with van der Waals surface area (Å²) in [5.41, 5.74) is 0. The van der Waals surface area contributed by atoms with Crippen LogP contribution in [0, 0.1) is 0 Å². The Balaban J connectivity index is 4.17. The maximum absolute atomic E-state index is 11.3. The molecule has 0 radical (unpaired) electrons. The third kappa shape index (κ3) is 4.84. The predicted molar refractivity (Wildman–Crippen MR) is 53.8 cm³/mol. The van der Waals surface area contributed by atoms with Crippen LogP contribution in [0.15, 0.2) is 0 Å². The van der Waals surface area contributed by atoms with Gasteiger partial charge in [0.1, 0.15) is 6.54 Å². The Morgan fingerprint density at radius 1 is 1.21 bits per heavy atom. The number of carbonyl (C=O) groups is 2. The van der Waals surface area contributed by atoms with Crippen LogP contribution in [0.1, 0.15) is 34.6 Å². The van der Waals surface area contributed by atoms with Crippen LogP contribution in [-0.2, 0) is 14.3 Å². The van der Waals surface area contributed by atoms with Crippen molar-refractivity contribution < 1.29 is 14.3 Å². The summed E-state index contributed by atoms with van der Waals surface area (Å²) in [6, 6.07) is 0.0206. The van der Waals surface area contributed by atoms with E-state index in [0.29, 0.717) is 0 Å². The van der Waals surface area contributed by atoms with E-state index in [9.17, 15) is 9.59 Å². The van der Waals surface area contributed by atoms with Crippen LogP contribution < -0.4 is 0 Å². The van der Waals surface area contributed by atoms with E-state index >= 15 is 0 Å². The van der Waals surface area contributed by atoms with Gasteiger partial charge >= 0.3 is 5.97 Å². The first-order chi connectivity index (χ1) is 6.34. The summed E-state index contributed by atoms with van der Waals surface area (Å²) in [7, 11) is 0. The molecule has 0 saturated heterocycles. The van der Waals surface area contributed by atoms with Gasteiger partial charge in [0, 0.05) is 13.0 Å². The van der Waals surface area contributed by atoms with Crippen molar-refractivity contribution in [2.75, 3.05) is 6.54 Å². The largest absolute Gasteiger partial charge is 0.462 e. The third-order valence-electron chi connectivity index (χ3n) is 1.69. The van der Waals surface area contributed by atoms with Crippen LogP contribution in [0.3, 0.4) is 0 Å². The molecule has 0 heterocycles. The normalized spacial score (nSPS) is 10.5. The molecular formula is C10H19NO3. The van der Waals surface area contributed by atoms with Crippen molar-refractivity contribution in [3.05, 3.63) is 0 Å². The lowest BCUT2D eigenvalue weighted by Crippen LogP contribution is -2.40. The Morgan fingerprint density at radius 2 is 1.71 bits per heavy atom. The molecule has 0 saturated carbocycles. The van der Waals surface area contributed by atoms with Crippen LogP contribution in [0.2, 0.25) is 0 Å². The Hall–Kier alpha value is -1.06. The highest BCUT2D eigenvalue weighted by atomic mass is 16.5. The molecule has 0 bridgehead atoms. The highest BCUT2D eigenvalue weighted by Gasteiger charge is 2.17. The number of rotatable bonds is 4. The highest BCUT2D eigenvalue weighted by Crippen LogP contribution is 2.00. The average Bonchev–Trinajstić information content (AvgIpc) is 1.97. The molecule has 0 aliphatic heterocycles. The minimum absolute atomic E-state index is 0.0206. The molecule has 0 unspecified atom stereocenters.